The van der Waals surface area contributed by atoms with Crippen LogP contribution in [0.4, 0.5) is 0 Å². The number of cyclic esters (lactones) is 1. The predicted octanol–water partition coefficient (Wildman–Crippen LogP) is 2.90. The normalized spacial score (nSPS) is 31.0. The summed E-state index contributed by atoms with van der Waals surface area (Å²) < 4.78 is 11.1. The molecule has 1 rings (SSSR count). The van der Waals surface area contributed by atoms with Gasteiger partial charge in [0.2, 0.25) is 6.29 Å². The minimum Gasteiger partial charge on any atom is -0.435 e. The van der Waals surface area contributed by atoms with Crippen LogP contribution in [0.25, 0.3) is 0 Å². The van der Waals surface area contributed by atoms with Crippen LogP contribution < -0.4 is 0 Å². The molecule has 0 amide bonds. The smallest absolute Gasteiger partial charge is 0.313 e. The van der Waals surface area contributed by atoms with Gasteiger partial charge in [0.05, 0.1) is 12.0 Å². The van der Waals surface area contributed by atoms with Crippen molar-refractivity contribution in [2.45, 2.75) is 52.9 Å². The topological polar surface area (TPSA) is 35.5 Å². The van der Waals surface area contributed by atoms with Crippen molar-refractivity contribution in [3.05, 3.63) is 12.7 Å². The lowest BCUT2D eigenvalue weighted by Gasteiger charge is -2.39. The van der Waals surface area contributed by atoms with Gasteiger partial charge in [-0.25, -0.2) is 0 Å². The van der Waals surface area contributed by atoms with E-state index in [0.717, 1.165) is 12.8 Å². The van der Waals surface area contributed by atoms with Crippen molar-refractivity contribution in [1.82, 2.24) is 0 Å². The van der Waals surface area contributed by atoms with Crippen LogP contribution >= 0.6 is 0 Å². The molecule has 3 heteroatoms. The first kappa shape index (κ1) is 13.2. The Morgan fingerprint density at radius 2 is 2.06 bits per heavy atom. The average Bonchev–Trinajstić information content (AvgIpc) is 2.15. The Labute approximate surface area is 97.8 Å². The van der Waals surface area contributed by atoms with Gasteiger partial charge in [-0.1, -0.05) is 26.8 Å². The van der Waals surface area contributed by atoms with Crippen LogP contribution in [0.3, 0.4) is 0 Å². The second-order valence-corrected chi connectivity index (χ2v) is 5.45. The maximum absolute atomic E-state index is 11.8. The number of hydrogen-bond acceptors (Lipinski definition) is 3. The molecular weight excluding hydrogens is 204 g/mol. The Bertz CT molecular complexity index is 265. The molecule has 0 aromatic rings. The van der Waals surface area contributed by atoms with E-state index in [1.165, 1.54) is 0 Å². The quantitative estimate of drug-likeness (QED) is 0.548. The molecule has 0 aromatic carbocycles. The molecule has 1 aliphatic rings. The van der Waals surface area contributed by atoms with Crippen LogP contribution in [-0.4, -0.2) is 18.4 Å². The molecule has 3 unspecified atom stereocenters. The van der Waals surface area contributed by atoms with Crippen LogP contribution in [0.5, 0.6) is 0 Å². The van der Waals surface area contributed by atoms with E-state index in [0.29, 0.717) is 0 Å². The van der Waals surface area contributed by atoms with Gasteiger partial charge in [0.15, 0.2) is 0 Å². The van der Waals surface area contributed by atoms with E-state index in [-0.39, 0.29) is 23.4 Å². The summed E-state index contributed by atoms with van der Waals surface area (Å²) in [6.45, 7) is 11.6. The van der Waals surface area contributed by atoms with Crippen molar-refractivity contribution in [1.29, 1.82) is 0 Å². The van der Waals surface area contributed by atoms with Crippen molar-refractivity contribution < 1.29 is 14.3 Å². The number of ether oxygens (including phenoxy) is 2. The van der Waals surface area contributed by atoms with Gasteiger partial charge in [-0.3, -0.25) is 4.79 Å². The molecule has 3 nitrogen and oxygen atoms in total. The van der Waals surface area contributed by atoms with Gasteiger partial charge < -0.3 is 9.47 Å². The molecule has 92 valence electrons. The Morgan fingerprint density at radius 1 is 1.44 bits per heavy atom. The van der Waals surface area contributed by atoms with Crippen LogP contribution in [0.1, 0.15) is 40.5 Å². The fourth-order valence-corrected chi connectivity index (χ4v) is 1.73. The third-order valence-corrected chi connectivity index (χ3v) is 2.82. The monoisotopic (exact) mass is 226 g/mol. The maximum atomic E-state index is 11.8. The Balaban J connectivity index is 2.64. The zero-order valence-electron chi connectivity index (χ0n) is 10.7. The van der Waals surface area contributed by atoms with Gasteiger partial charge in [-0.2, -0.15) is 0 Å². The lowest BCUT2D eigenvalue weighted by Crippen LogP contribution is -2.47. The third kappa shape index (κ3) is 3.08. The lowest BCUT2D eigenvalue weighted by atomic mass is 9.92. The summed E-state index contributed by atoms with van der Waals surface area (Å²) in [6, 6.07) is 0. The van der Waals surface area contributed by atoms with Crippen molar-refractivity contribution in [2.24, 2.45) is 11.3 Å². The SMILES string of the molecule is C=CCCC1C(=O)OC(C(C)(C)C)OC1C. The highest BCUT2D eigenvalue weighted by Gasteiger charge is 2.41. The molecule has 1 fully saturated rings. The maximum Gasteiger partial charge on any atom is 0.313 e. The zero-order valence-corrected chi connectivity index (χ0v) is 10.7. The van der Waals surface area contributed by atoms with E-state index < -0.39 is 6.29 Å². The average molecular weight is 226 g/mol. The first-order valence-corrected chi connectivity index (χ1v) is 5.83. The second kappa shape index (κ2) is 5.00. The third-order valence-electron chi connectivity index (χ3n) is 2.82. The largest absolute Gasteiger partial charge is 0.435 e. The van der Waals surface area contributed by atoms with Gasteiger partial charge in [-0.05, 0) is 19.8 Å². The summed E-state index contributed by atoms with van der Waals surface area (Å²) in [5.41, 5.74) is -0.173. The lowest BCUT2D eigenvalue weighted by molar-refractivity contribution is -0.254. The van der Waals surface area contributed by atoms with Crippen LogP contribution in [-0.2, 0) is 14.3 Å². The summed E-state index contributed by atoms with van der Waals surface area (Å²) >= 11 is 0. The fraction of sp³-hybridized carbons (Fsp3) is 0.769. The summed E-state index contributed by atoms with van der Waals surface area (Å²) in [4.78, 5) is 11.8. The first-order chi connectivity index (χ1) is 7.36. The molecule has 3 atom stereocenters. The Kier molecular flexibility index (Phi) is 4.14. The molecule has 0 aliphatic carbocycles. The van der Waals surface area contributed by atoms with E-state index in [2.05, 4.69) is 6.58 Å². The Hall–Kier alpha value is -0.830. The first-order valence-electron chi connectivity index (χ1n) is 5.83. The van der Waals surface area contributed by atoms with Crippen LogP contribution in [0.2, 0.25) is 0 Å². The highest BCUT2D eigenvalue weighted by Crippen LogP contribution is 2.32. The van der Waals surface area contributed by atoms with Crippen molar-refractivity contribution in [3.8, 4) is 0 Å². The van der Waals surface area contributed by atoms with Crippen molar-refractivity contribution >= 4 is 5.97 Å². The zero-order chi connectivity index (χ0) is 12.3. The standard InChI is InChI=1S/C13H22O3/c1-6-7-8-10-9(2)15-12(13(3,4)5)16-11(10)14/h6,9-10,12H,1,7-8H2,2-5H3. The molecule has 0 aromatic heterocycles. The minimum atomic E-state index is -0.435. The molecule has 1 heterocycles. The van der Waals surface area contributed by atoms with E-state index in [1.54, 1.807) is 0 Å². The van der Waals surface area contributed by atoms with E-state index in [4.69, 9.17) is 9.47 Å². The van der Waals surface area contributed by atoms with E-state index in [9.17, 15) is 4.79 Å². The number of rotatable bonds is 3. The summed E-state index contributed by atoms with van der Waals surface area (Å²) in [7, 11) is 0. The highest BCUT2D eigenvalue weighted by molar-refractivity contribution is 5.73. The van der Waals surface area contributed by atoms with E-state index in [1.807, 2.05) is 33.8 Å². The Morgan fingerprint density at radius 3 is 2.50 bits per heavy atom. The molecule has 0 bridgehead atoms. The molecule has 0 spiro atoms. The highest BCUT2D eigenvalue weighted by atomic mass is 16.7. The molecule has 1 saturated heterocycles. The van der Waals surface area contributed by atoms with Crippen LogP contribution in [0.15, 0.2) is 12.7 Å². The van der Waals surface area contributed by atoms with Crippen molar-refractivity contribution in [3.63, 3.8) is 0 Å². The number of carbonyl (C=O) groups excluding carboxylic acids is 1. The van der Waals surface area contributed by atoms with Gasteiger partial charge in [0.25, 0.3) is 0 Å². The molecule has 0 saturated carbocycles. The molecule has 0 radical (unpaired) electrons. The number of hydrogen-bond donors (Lipinski definition) is 0. The molecular formula is C13H22O3. The van der Waals surface area contributed by atoms with Gasteiger partial charge in [0.1, 0.15) is 0 Å². The summed E-state index contributed by atoms with van der Waals surface area (Å²) in [5, 5.41) is 0. The molecule has 1 aliphatic heterocycles. The van der Waals surface area contributed by atoms with Crippen molar-refractivity contribution in [2.75, 3.05) is 0 Å². The summed E-state index contributed by atoms with van der Waals surface area (Å²) in [6.07, 6.45) is 2.87. The molecule has 16 heavy (non-hydrogen) atoms. The minimum absolute atomic E-state index is 0.0783. The van der Waals surface area contributed by atoms with Gasteiger partial charge in [0, 0.05) is 5.41 Å². The van der Waals surface area contributed by atoms with Gasteiger partial charge >= 0.3 is 5.97 Å². The number of allylic oxidation sites excluding steroid dienone is 1. The van der Waals surface area contributed by atoms with Crippen LogP contribution in [0, 0.1) is 11.3 Å². The number of carbonyl (C=O) groups is 1. The van der Waals surface area contributed by atoms with E-state index >= 15 is 0 Å². The fourth-order valence-electron chi connectivity index (χ4n) is 1.73. The predicted molar refractivity (Wildman–Crippen MR) is 62.8 cm³/mol. The second-order valence-electron chi connectivity index (χ2n) is 5.45. The number of esters is 1. The van der Waals surface area contributed by atoms with Gasteiger partial charge in [-0.15, -0.1) is 6.58 Å². The molecule has 0 N–H and O–H groups in total. The summed E-state index contributed by atoms with van der Waals surface area (Å²) in [5.74, 6) is -0.294.